The van der Waals surface area contributed by atoms with Crippen LogP contribution in [-0.2, 0) is 12.4 Å². The highest BCUT2D eigenvalue weighted by atomic mass is 35.5. The van der Waals surface area contributed by atoms with Gasteiger partial charge in [0.05, 0.1) is 78.5 Å². The lowest BCUT2D eigenvalue weighted by atomic mass is 10.0. The lowest BCUT2D eigenvalue weighted by Gasteiger charge is -2.35. The maximum absolute atomic E-state index is 13.7. The van der Waals surface area contributed by atoms with Gasteiger partial charge in [-0.1, -0.05) is 49.2 Å². The van der Waals surface area contributed by atoms with E-state index in [0.717, 1.165) is 154 Å². The van der Waals surface area contributed by atoms with Crippen molar-refractivity contribution in [2.75, 3.05) is 111 Å². The molecule has 2 atom stereocenters. The molecule has 101 heavy (non-hydrogen) atoms. The molecule has 0 unspecified atom stereocenters. The van der Waals surface area contributed by atoms with Crippen LogP contribution in [0.2, 0.25) is 10.0 Å². The van der Waals surface area contributed by atoms with E-state index in [1.807, 2.05) is 58.3 Å². The monoisotopic (exact) mass is 1430 g/mol. The van der Waals surface area contributed by atoms with E-state index in [-0.39, 0.29) is 50.9 Å². The van der Waals surface area contributed by atoms with E-state index in [1.54, 1.807) is 12.4 Å². The summed E-state index contributed by atoms with van der Waals surface area (Å²) in [7, 11) is 0. The highest BCUT2D eigenvalue weighted by Gasteiger charge is 2.38. The number of rotatable bonds is 10. The number of nitrogens with one attached hydrogen (secondary N) is 8. The number of H-pyrrole nitrogens is 4. The van der Waals surface area contributed by atoms with Crippen molar-refractivity contribution in [3.05, 3.63) is 143 Å². The van der Waals surface area contributed by atoms with Crippen LogP contribution in [0.3, 0.4) is 0 Å². The molecule has 24 nitrogen and oxygen atoms in total. The summed E-state index contributed by atoms with van der Waals surface area (Å²) in [5.74, 6) is 2.02. The molecule has 4 aliphatic heterocycles. The summed E-state index contributed by atoms with van der Waals surface area (Å²) in [5, 5.41) is 44.1. The van der Waals surface area contributed by atoms with Crippen LogP contribution in [0.5, 0.6) is 0 Å². The third kappa shape index (κ3) is 16.2. The molecule has 12 aromatic rings. The number of hydrogen-bond donors (Lipinski definition) is 8. The Bertz CT molecular complexity index is 4860. The second-order valence-electron chi connectivity index (χ2n) is 24.9. The van der Waals surface area contributed by atoms with E-state index in [2.05, 4.69) is 123 Å². The number of hydrogen-bond acceptors (Lipinski definition) is 20. The average molecular weight is 1430 g/mol. The first-order valence-electron chi connectivity index (χ1n) is 32.7. The van der Waals surface area contributed by atoms with Gasteiger partial charge in [0.25, 0.3) is 0 Å². The lowest BCUT2D eigenvalue weighted by molar-refractivity contribution is -0.138. The van der Waals surface area contributed by atoms with Gasteiger partial charge in [0.15, 0.2) is 22.6 Å². The fraction of sp³-hybridized carbons (Fsp3) is 0.343. The quantitative estimate of drug-likeness (QED) is 0.0591. The Hall–Kier alpha value is -9.86. The molecule has 0 aliphatic carbocycles. The van der Waals surface area contributed by atoms with Crippen molar-refractivity contribution in [2.24, 2.45) is 5.92 Å². The molecule has 4 fully saturated rings. The minimum absolute atomic E-state index is 0.0000369. The number of halogens is 10. The summed E-state index contributed by atoms with van der Waals surface area (Å²) in [6.45, 7) is 17.9. The second-order valence-corrected chi connectivity index (χ2v) is 25.8. The molecule has 12 aromatic heterocycles. The zero-order valence-corrected chi connectivity index (χ0v) is 56.2. The van der Waals surface area contributed by atoms with E-state index in [9.17, 15) is 35.1 Å². The first-order chi connectivity index (χ1) is 48.7. The summed E-state index contributed by atoms with van der Waals surface area (Å²) in [5.41, 5.74) is 2.50. The fourth-order valence-electron chi connectivity index (χ4n) is 12.5. The molecule has 4 saturated heterocycles. The number of aromatic amines is 4. The minimum Gasteiger partial charge on any atom is -0.354 e. The van der Waals surface area contributed by atoms with Crippen LogP contribution in [0.4, 0.5) is 58.4 Å². The number of aromatic nitrogens is 16. The molecule has 0 aromatic carbocycles. The first kappa shape index (κ1) is 69.6. The van der Waals surface area contributed by atoms with Crippen LogP contribution in [0.25, 0.3) is 89.7 Å². The van der Waals surface area contributed by atoms with Crippen LogP contribution in [0, 0.1) is 17.6 Å². The van der Waals surface area contributed by atoms with Crippen molar-refractivity contribution in [1.82, 2.24) is 102 Å². The van der Waals surface area contributed by atoms with Gasteiger partial charge in [0, 0.05) is 127 Å². The number of piperazine rings is 4. The number of anilines is 4. The van der Waals surface area contributed by atoms with Crippen molar-refractivity contribution < 1.29 is 35.1 Å². The van der Waals surface area contributed by atoms with E-state index in [0.29, 0.717) is 71.1 Å². The molecule has 4 aliphatic rings. The molecule has 0 bridgehead atoms. The molecule has 0 spiro atoms. The van der Waals surface area contributed by atoms with E-state index < -0.39 is 35.1 Å². The summed E-state index contributed by atoms with van der Waals surface area (Å²) in [4.78, 5) is 42.7. The van der Waals surface area contributed by atoms with Gasteiger partial charge in [-0.2, -0.15) is 46.7 Å². The molecular weight excluding hydrogens is 1360 g/mol. The summed E-state index contributed by atoms with van der Waals surface area (Å²) >= 11 is 12.1. The predicted octanol–water partition coefficient (Wildman–Crippen LogP) is 11.1. The van der Waals surface area contributed by atoms with Crippen molar-refractivity contribution >= 4 is 90.6 Å². The molecular formula is C67H68Cl2F8N24. The highest BCUT2D eigenvalue weighted by Crippen LogP contribution is 2.41. The van der Waals surface area contributed by atoms with Gasteiger partial charge in [-0.05, 0) is 92.1 Å². The Balaban J connectivity index is 0.000000121. The van der Waals surface area contributed by atoms with Crippen LogP contribution < -0.4 is 40.9 Å². The maximum Gasteiger partial charge on any atom is 0.418 e. The van der Waals surface area contributed by atoms with Crippen LogP contribution in [0.1, 0.15) is 38.3 Å². The molecule has 8 N–H and O–H groups in total. The van der Waals surface area contributed by atoms with Crippen molar-refractivity contribution in [3.63, 3.8) is 0 Å². The Morgan fingerprint density at radius 3 is 1.29 bits per heavy atom. The summed E-state index contributed by atoms with van der Waals surface area (Å²) < 4.78 is 109. The standard InChI is InChI=1S/C20H22F4N6.C16H17ClN6.C16H14F4N6.C15H15ClN6/c1-11(2)7-13-10-30(6-5-25-13)16-4-3-15(20(22,23)24)18(27-16)17-14-8-12(21)9-26-19(14)29-28-17;1-10-9-23(6-5-18-10)14-4-2-3-13(20-14)15-12-7-11(17)8-19-16(12)22-21-15;17-9-7-10-13(24-25-15(10)22-8-9)14-11(16(18,19)20)1-2-12(23-14)26-5-3-21-4-6-26;16-10-8-11-14(20-21-15(11)18-9-10)12-2-1-3-13(19-12)22-6-4-17-5-7-22/h3-4,8-9,11,13,25H,5-7,10H2,1-2H3,(H,26,28,29);2-4,7-8,10,18H,5-6,9H2,1H3,(H,19,21,22);1-2,7-8,21H,3-6H2,(H,22,24,25);1-3,8-9,17H,4-7H2,(H,18,20,21)/t13-;10-;;/m00../s1. The Morgan fingerprint density at radius 1 is 0.455 bits per heavy atom. The summed E-state index contributed by atoms with van der Waals surface area (Å²) in [6, 6.07) is 23.5. The van der Waals surface area contributed by atoms with Crippen molar-refractivity contribution in [1.29, 1.82) is 0 Å². The van der Waals surface area contributed by atoms with Gasteiger partial charge in [0.2, 0.25) is 0 Å². The topological polar surface area (TPSA) is 279 Å². The van der Waals surface area contributed by atoms with Gasteiger partial charge < -0.3 is 40.9 Å². The van der Waals surface area contributed by atoms with E-state index in [1.165, 1.54) is 12.1 Å². The molecule has 0 amide bonds. The molecule has 0 saturated carbocycles. The molecule has 34 heteroatoms. The number of nitrogens with zero attached hydrogens (tertiary/aromatic N) is 16. The minimum atomic E-state index is -4.62. The van der Waals surface area contributed by atoms with Crippen LogP contribution >= 0.6 is 23.2 Å². The van der Waals surface area contributed by atoms with Gasteiger partial charge in [0.1, 0.15) is 46.3 Å². The van der Waals surface area contributed by atoms with Crippen LogP contribution in [0.15, 0.2) is 110 Å². The third-order valence-corrected chi connectivity index (χ3v) is 17.7. The molecule has 16 rings (SSSR count). The normalized spacial score (nSPS) is 16.9. The van der Waals surface area contributed by atoms with Gasteiger partial charge in [-0.25, -0.2) is 48.7 Å². The van der Waals surface area contributed by atoms with Gasteiger partial charge in [-0.15, -0.1) is 0 Å². The Labute approximate surface area is 581 Å². The van der Waals surface area contributed by atoms with Gasteiger partial charge >= 0.3 is 12.4 Å². The van der Waals surface area contributed by atoms with Crippen LogP contribution in [-0.4, -0.2) is 184 Å². The largest absolute Gasteiger partial charge is 0.418 e. The predicted molar refractivity (Wildman–Crippen MR) is 372 cm³/mol. The van der Waals surface area contributed by atoms with Crippen molar-refractivity contribution in [2.45, 2.75) is 51.6 Å². The zero-order chi connectivity index (χ0) is 70.5. The highest BCUT2D eigenvalue weighted by molar-refractivity contribution is 6.31. The van der Waals surface area contributed by atoms with Gasteiger partial charge in [-0.3, -0.25) is 20.4 Å². The second kappa shape index (κ2) is 30.1. The fourth-order valence-corrected chi connectivity index (χ4v) is 12.8. The number of fused-ring (bicyclic) bond motifs is 4. The SMILES string of the molecule is CC(C)C[C@H]1CN(c2ccc(C(F)(F)F)c(-c3[nH]nc4ncc(F)cc34)n2)CCN1.C[C@H]1CN(c2cccc(-c3[nH]nc4ncc(Cl)cc34)n2)CCN1.Clc1cnc2n[nH]c(-c3cccc(N4CCNCC4)n3)c2c1.Fc1cnc2n[nH]c(-c3nc(N4CCNCC4)ccc3C(F)(F)F)c2c1. The lowest BCUT2D eigenvalue weighted by Crippen LogP contribution is -2.51. The Morgan fingerprint density at radius 2 is 0.842 bits per heavy atom. The van der Waals surface area contributed by atoms with E-state index >= 15 is 0 Å². The first-order valence-corrected chi connectivity index (χ1v) is 33.4. The maximum atomic E-state index is 13.7. The van der Waals surface area contributed by atoms with E-state index in [4.69, 9.17) is 33.2 Å². The average Bonchev–Trinajstić information content (AvgIpc) is 1.80. The number of pyridine rings is 8. The molecule has 16 heterocycles. The third-order valence-electron chi connectivity index (χ3n) is 17.2. The number of alkyl halides is 6. The Kier molecular flexibility index (Phi) is 20.8. The smallest absolute Gasteiger partial charge is 0.354 e. The van der Waals surface area contributed by atoms with Crippen molar-refractivity contribution in [3.8, 4) is 45.6 Å². The molecule has 0 radical (unpaired) electrons. The summed E-state index contributed by atoms with van der Waals surface area (Å²) in [6.07, 6.45) is -3.15. The zero-order valence-electron chi connectivity index (χ0n) is 54.7. The molecule has 526 valence electrons.